The van der Waals surface area contributed by atoms with Gasteiger partial charge in [-0.1, -0.05) is 56.5 Å². The third-order valence-corrected chi connectivity index (χ3v) is 9.99. The third kappa shape index (κ3) is 8.23. The van der Waals surface area contributed by atoms with E-state index in [1.807, 2.05) is 42.5 Å². The van der Waals surface area contributed by atoms with Gasteiger partial charge in [0.05, 0.1) is 41.0 Å². The van der Waals surface area contributed by atoms with Gasteiger partial charge in [-0.25, -0.2) is 4.79 Å². The second-order valence-corrected chi connectivity index (χ2v) is 13.4. The predicted octanol–water partition coefficient (Wildman–Crippen LogP) is 6.32. The molecule has 0 bridgehead atoms. The molecule has 12 heteroatoms. The molecule has 11 nitrogen and oxygen atoms in total. The summed E-state index contributed by atoms with van der Waals surface area (Å²) in [7, 11) is 0. The van der Waals surface area contributed by atoms with Crippen LogP contribution in [-0.2, 0) is 9.47 Å². The molecule has 2 aromatic carbocycles. The number of benzene rings is 2. The van der Waals surface area contributed by atoms with Gasteiger partial charge in [0.1, 0.15) is 0 Å². The lowest BCUT2D eigenvalue weighted by molar-refractivity contribution is 0.0930. The van der Waals surface area contributed by atoms with E-state index in [1.165, 1.54) is 11.3 Å². The number of nitrogens with one attached hydrogen (secondary N) is 2. The molecule has 254 valence electrons. The second kappa shape index (κ2) is 16.2. The molecule has 48 heavy (non-hydrogen) atoms. The van der Waals surface area contributed by atoms with E-state index in [-0.39, 0.29) is 30.3 Å². The highest BCUT2D eigenvalue weighted by atomic mass is 32.1. The number of carbonyl (C=O) groups is 3. The minimum atomic E-state index is -0.646. The number of unbranched alkanes of at least 4 members (excludes halogenated alkanes) is 3. The molecule has 2 N–H and O–H groups in total. The standard InChI is InChI=1S/C36H44N6O5S/c1-2-3-4-10-21-47-36(45)42-30-24-31(35(44)37-29(25-40-17-8-9-18-40)26-11-6-5-7-12-26)48-32(30)33(39-42)38-34(43)27-13-15-28(16-14-27)41-19-22-46-23-20-41/h5-7,11-16,24,29H,2-4,8-10,17-23,25H2,1H3,(H,37,44)(H,38,39,43)/t29-/m1/s1. The van der Waals surface area contributed by atoms with Crippen LogP contribution in [0.2, 0.25) is 0 Å². The third-order valence-electron chi connectivity index (χ3n) is 8.86. The number of thiophene rings is 1. The number of aromatic nitrogens is 2. The van der Waals surface area contributed by atoms with Crippen LogP contribution in [0.25, 0.3) is 10.2 Å². The molecule has 2 aliphatic heterocycles. The van der Waals surface area contributed by atoms with Gasteiger partial charge in [0, 0.05) is 30.9 Å². The Kier molecular flexibility index (Phi) is 11.4. The molecule has 0 unspecified atom stereocenters. The number of morpholine rings is 1. The van der Waals surface area contributed by atoms with Gasteiger partial charge in [-0.3, -0.25) is 9.59 Å². The quantitative estimate of drug-likeness (QED) is 0.159. The minimum absolute atomic E-state index is 0.203. The van der Waals surface area contributed by atoms with Crippen molar-refractivity contribution in [2.75, 3.05) is 62.8 Å². The summed E-state index contributed by atoms with van der Waals surface area (Å²) in [6, 6.07) is 18.8. The van der Waals surface area contributed by atoms with Crippen LogP contribution in [0, 0.1) is 0 Å². The molecule has 2 fully saturated rings. The Morgan fingerprint density at radius 2 is 1.69 bits per heavy atom. The average Bonchev–Trinajstić information content (AvgIpc) is 3.87. The van der Waals surface area contributed by atoms with Crippen molar-refractivity contribution in [1.29, 1.82) is 0 Å². The summed E-state index contributed by atoms with van der Waals surface area (Å²) < 4.78 is 12.7. The summed E-state index contributed by atoms with van der Waals surface area (Å²) in [6.45, 7) is 8.08. The lowest BCUT2D eigenvalue weighted by atomic mass is 10.1. The van der Waals surface area contributed by atoms with E-state index in [0.29, 0.717) is 40.4 Å². The van der Waals surface area contributed by atoms with Crippen molar-refractivity contribution in [2.45, 2.75) is 51.5 Å². The van der Waals surface area contributed by atoms with Gasteiger partial charge in [-0.15, -0.1) is 16.4 Å². The molecule has 0 aliphatic carbocycles. The van der Waals surface area contributed by atoms with E-state index in [4.69, 9.17) is 9.47 Å². The van der Waals surface area contributed by atoms with Crippen LogP contribution in [0.4, 0.5) is 16.3 Å². The van der Waals surface area contributed by atoms with Crippen LogP contribution in [0.3, 0.4) is 0 Å². The molecule has 6 rings (SSSR count). The molecule has 1 atom stereocenters. The van der Waals surface area contributed by atoms with Gasteiger partial charge in [-0.2, -0.15) is 4.68 Å². The van der Waals surface area contributed by atoms with Gasteiger partial charge in [-0.05, 0) is 68.2 Å². The average molecular weight is 673 g/mol. The Labute approximate surface area is 285 Å². The second-order valence-electron chi connectivity index (χ2n) is 12.3. The molecular formula is C36H44N6O5S. The normalized spacial score (nSPS) is 15.8. The maximum atomic E-state index is 13.8. The lowest BCUT2D eigenvalue weighted by Gasteiger charge is -2.28. The molecule has 2 saturated heterocycles. The highest BCUT2D eigenvalue weighted by Crippen LogP contribution is 2.33. The predicted molar refractivity (Wildman–Crippen MR) is 188 cm³/mol. The molecular weight excluding hydrogens is 628 g/mol. The summed E-state index contributed by atoms with van der Waals surface area (Å²) in [5, 5.41) is 10.6. The van der Waals surface area contributed by atoms with Gasteiger partial charge < -0.3 is 29.9 Å². The molecule has 4 aromatic rings. The zero-order chi connectivity index (χ0) is 33.3. The van der Waals surface area contributed by atoms with E-state index in [0.717, 1.165) is 80.6 Å². The summed E-state index contributed by atoms with van der Waals surface area (Å²) in [4.78, 5) is 45.4. The fraction of sp³-hybridized carbons (Fsp3) is 0.444. The van der Waals surface area contributed by atoms with Crippen LogP contribution in [0.1, 0.15) is 77.1 Å². The van der Waals surface area contributed by atoms with Crippen LogP contribution in [0.15, 0.2) is 60.7 Å². The van der Waals surface area contributed by atoms with Crippen LogP contribution in [0.5, 0.6) is 0 Å². The first-order valence-corrected chi connectivity index (χ1v) is 17.8. The van der Waals surface area contributed by atoms with E-state index in [2.05, 4.69) is 32.5 Å². The van der Waals surface area contributed by atoms with Crippen molar-refractivity contribution in [3.63, 3.8) is 0 Å². The van der Waals surface area contributed by atoms with Crippen LogP contribution in [-0.4, -0.2) is 85.1 Å². The van der Waals surface area contributed by atoms with Crippen molar-refractivity contribution < 1.29 is 23.9 Å². The Bertz CT molecular complexity index is 1680. The van der Waals surface area contributed by atoms with Crippen molar-refractivity contribution in [3.05, 3.63) is 76.7 Å². The maximum absolute atomic E-state index is 13.8. The number of likely N-dealkylation sites (tertiary alicyclic amines) is 1. The van der Waals surface area contributed by atoms with Gasteiger partial charge in [0.25, 0.3) is 11.8 Å². The maximum Gasteiger partial charge on any atom is 0.435 e. The monoisotopic (exact) mass is 672 g/mol. The highest BCUT2D eigenvalue weighted by molar-refractivity contribution is 7.21. The number of fused-ring (bicyclic) bond motifs is 1. The fourth-order valence-electron chi connectivity index (χ4n) is 6.19. The summed E-state index contributed by atoms with van der Waals surface area (Å²) >= 11 is 1.19. The summed E-state index contributed by atoms with van der Waals surface area (Å²) in [5.41, 5.74) is 2.92. The van der Waals surface area contributed by atoms with Crippen LogP contribution >= 0.6 is 11.3 Å². The number of nitrogens with zero attached hydrogens (tertiary/aromatic N) is 4. The van der Waals surface area contributed by atoms with Crippen LogP contribution < -0.4 is 15.5 Å². The van der Waals surface area contributed by atoms with E-state index < -0.39 is 6.09 Å². The zero-order valence-electron chi connectivity index (χ0n) is 27.5. The number of carbonyl (C=O) groups excluding carboxylic acids is 3. The first-order chi connectivity index (χ1) is 23.5. The Morgan fingerprint density at radius 3 is 2.42 bits per heavy atom. The molecule has 0 spiro atoms. The number of hydrogen-bond acceptors (Lipinski definition) is 9. The molecule has 0 radical (unpaired) electrons. The first kappa shape index (κ1) is 33.6. The van der Waals surface area contributed by atoms with Crippen molar-refractivity contribution in [2.24, 2.45) is 0 Å². The number of amides is 2. The lowest BCUT2D eigenvalue weighted by Crippen LogP contribution is -2.36. The van der Waals surface area contributed by atoms with Crippen molar-refractivity contribution in [3.8, 4) is 0 Å². The van der Waals surface area contributed by atoms with E-state index >= 15 is 0 Å². The van der Waals surface area contributed by atoms with Gasteiger partial charge in [0.15, 0.2) is 5.82 Å². The number of hydrogen-bond donors (Lipinski definition) is 2. The van der Waals surface area contributed by atoms with Gasteiger partial charge in [0.2, 0.25) is 0 Å². The van der Waals surface area contributed by atoms with Crippen molar-refractivity contribution in [1.82, 2.24) is 20.0 Å². The molecule has 4 heterocycles. The van der Waals surface area contributed by atoms with Gasteiger partial charge >= 0.3 is 6.09 Å². The smallest absolute Gasteiger partial charge is 0.435 e. The van der Waals surface area contributed by atoms with E-state index in [1.54, 1.807) is 18.2 Å². The summed E-state index contributed by atoms with van der Waals surface area (Å²) in [5.74, 6) is -0.409. The highest BCUT2D eigenvalue weighted by Gasteiger charge is 2.26. The molecule has 0 saturated carbocycles. The Balaban J connectivity index is 1.23. The largest absolute Gasteiger partial charge is 0.448 e. The topological polar surface area (TPSA) is 118 Å². The minimum Gasteiger partial charge on any atom is -0.448 e. The number of anilines is 2. The summed E-state index contributed by atoms with van der Waals surface area (Å²) in [6.07, 6.45) is 5.53. The molecule has 2 aromatic heterocycles. The molecule has 2 amide bonds. The van der Waals surface area contributed by atoms with E-state index in [9.17, 15) is 14.4 Å². The zero-order valence-corrected chi connectivity index (χ0v) is 28.3. The van der Waals surface area contributed by atoms with Crippen molar-refractivity contribution >= 4 is 51.0 Å². The Hall–Kier alpha value is -4.26. The SMILES string of the molecule is CCCCCCOC(=O)n1nc(NC(=O)c2ccc(N3CCOCC3)cc2)c2sc(C(=O)N[C@H](CN3CCCC3)c3ccccc3)cc21. The molecule has 2 aliphatic rings. The fourth-order valence-corrected chi connectivity index (χ4v) is 7.17. The number of rotatable bonds is 13. The number of ether oxygens (including phenoxy) is 2. The Morgan fingerprint density at radius 1 is 0.938 bits per heavy atom. The first-order valence-electron chi connectivity index (χ1n) is 17.0.